The average molecular weight is 412 g/mol. The number of benzene rings is 2. The lowest BCUT2D eigenvalue weighted by atomic mass is 10.1. The molecule has 154 valence electrons. The fraction of sp³-hybridized carbons (Fsp3) is 0.391. The molecule has 3 rings (SSSR count). The molecule has 2 aromatic carbocycles. The number of carbonyl (C=O) groups is 1. The lowest BCUT2D eigenvalue weighted by Crippen LogP contribution is -2.35. The fourth-order valence-electron chi connectivity index (χ4n) is 3.29. The Balaban J connectivity index is 1.47. The van der Waals surface area contributed by atoms with Crippen LogP contribution in [0.5, 0.6) is 5.75 Å². The predicted octanol–water partition coefficient (Wildman–Crippen LogP) is 4.59. The van der Waals surface area contributed by atoms with E-state index in [4.69, 9.17) is 17.0 Å². The molecule has 1 aliphatic heterocycles. The quantitative estimate of drug-likeness (QED) is 0.681. The number of nitrogens with one attached hydrogen (secondary N) is 2. The molecule has 0 saturated carbocycles. The summed E-state index contributed by atoms with van der Waals surface area (Å²) in [6.07, 6.45) is 3.57. The van der Waals surface area contributed by atoms with Gasteiger partial charge in [-0.25, -0.2) is 0 Å². The van der Waals surface area contributed by atoms with E-state index >= 15 is 0 Å². The minimum absolute atomic E-state index is 0.113. The van der Waals surface area contributed by atoms with Crippen molar-refractivity contribution >= 4 is 28.9 Å². The van der Waals surface area contributed by atoms with Crippen molar-refractivity contribution in [2.45, 2.75) is 45.8 Å². The van der Waals surface area contributed by atoms with Crippen molar-refractivity contribution < 1.29 is 9.53 Å². The van der Waals surface area contributed by atoms with E-state index in [2.05, 4.69) is 10.6 Å². The van der Waals surface area contributed by atoms with Gasteiger partial charge in [-0.2, -0.15) is 0 Å². The van der Waals surface area contributed by atoms with Crippen molar-refractivity contribution in [3.63, 3.8) is 0 Å². The monoisotopic (exact) mass is 411 g/mol. The Morgan fingerprint density at radius 2 is 1.69 bits per heavy atom. The summed E-state index contributed by atoms with van der Waals surface area (Å²) in [5, 5.41) is 6.91. The summed E-state index contributed by atoms with van der Waals surface area (Å²) >= 11 is 5.38. The van der Waals surface area contributed by atoms with Crippen LogP contribution in [0, 0.1) is 0 Å². The number of piperidine rings is 1. The first-order valence-electron chi connectivity index (χ1n) is 10.2. The maximum Gasteiger partial charge on any atom is 0.253 e. The van der Waals surface area contributed by atoms with Gasteiger partial charge in [0, 0.05) is 30.9 Å². The maximum atomic E-state index is 12.5. The number of rotatable bonds is 6. The number of hydrogen-bond donors (Lipinski definition) is 2. The Morgan fingerprint density at radius 3 is 2.31 bits per heavy atom. The van der Waals surface area contributed by atoms with Crippen LogP contribution in [0.4, 0.5) is 5.69 Å². The molecule has 1 fully saturated rings. The first-order chi connectivity index (χ1) is 14.0. The van der Waals surface area contributed by atoms with Crippen LogP contribution in [-0.4, -0.2) is 35.1 Å². The Morgan fingerprint density at radius 1 is 1.03 bits per heavy atom. The average Bonchev–Trinajstić information content (AvgIpc) is 2.73. The van der Waals surface area contributed by atoms with Crippen LogP contribution < -0.4 is 15.4 Å². The SMILES string of the molecule is CC(C)Oc1ccc(CNC(=S)Nc2ccc(C(=O)N3CCCCC3)cc2)cc1. The van der Waals surface area contributed by atoms with Crippen molar-refractivity contribution in [2.75, 3.05) is 18.4 Å². The maximum absolute atomic E-state index is 12.5. The van der Waals surface area contributed by atoms with Gasteiger partial charge in [0.25, 0.3) is 5.91 Å². The van der Waals surface area contributed by atoms with Gasteiger partial charge in [-0.15, -0.1) is 0 Å². The van der Waals surface area contributed by atoms with E-state index in [1.165, 1.54) is 6.42 Å². The van der Waals surface area contributed by atoms with Crippen LogP contribution in [0.2, 0.25) is 0 Å². The molecule has 1 heterocycles. The third-order valence-corrected chi connectivity index (χ3v) is 5.03. The van der Waals surface area contributed by atoms with Gasteiger partial charge in [0.15, 0.2) is 5.11 Å². The Bertz CT molecular complexity index is 813. The summed E-state index contributed by atoms with van der Waals surface area (Å²) in [5.41, 5.74) is 2.70. The summed E-state index contributed by atoms with van der Waals surface area (Å²) in [5.74, 6) is 0.977. The Kier molecular flexibility index (Phi) is 7.47. The second-order valence-corrected chi connectivity index (χ2v) is 7.96. The molecule has 0 spiro atoms. The van der Waals surface area contributed by atoms with Crippen molar-refractivity contribution in [1.29, 1.82) is 0 Å². The van der Waals surface area contributed by atoms with Crippen LogP contribution in [0.1, 0.15) is 49.0 Å². The molecule has 2 N–H and O–H groups in total. The smallest absolute Gasteiger partial charge is 0.253 e. The number of carbonyl (C=O) groups excluding carboxylic acids is 1. The van der Waals surface area contributed by atoms with Gasteiger partial charge in [0.2, 0.25) is 0 Å². The summed E-state index contributed by atoms with van der Waals surface area (Å²) in [6, 6.07) is 15.5. The second kappa shape index (κ2) is 10.3. The van der Waals surface area contributed by atoms with Gasteiger partial charge in [-0.3, -0.25) is 4.79 Å². The van der Waals surface area contributed by atoms with Gasteiger partial charge in [0.05, 0.1) is 6.10 Å². The van der Waals surface area contributed by atoms with Crippen molar-refractivity contribution in [2.24, 2.45) is 0 Å². The number of ether oxygens (including phenoxy) is 1. The highest BCUT2D eigenvalue weighted by molar-refractivity contribution is 7.80. The highest BCUT2D eigenvalue weighted by Crippen LogP contribution is 2.16. The lowest BCUT2D eigenvalue weighted by molar-refractivity contribution is 0.0724. The second-order valence-electron chi connectivity index (χ2n) is 7.55. The summed E-state index contributed by atoms with van der Waals surface area (Å²) in [4.78, 5) is 14.5. The van der Waals surface area contributed by atoms with E-state index in [-0.39, 0.29) is 12.0 Å². The standard InChI is InChI=1S/C23H29N3O2S/c1-17(2)28-21-12-6-18(7-13-21)16-24-23(29)25-20-10-8-19(9-11-20)22(27)26-14-4-3-5-15-26/h6-13,17H,3-5,14-16H2,1-2H3,(H2,24,25,29). The van der Waals surface area contributed by atoms with Crippen LogP contribution in [0.15, 0.2) is 48.5 Å². The third kappa shape index (κ3) is 6.46. The number of amides is 1. The minimum atomic E-state index is 0.113. The van der Waals surface area contributed by atoms with Crippen molar-refractivity contribution in [3.8, 4) is 5.75 Å². The molecule has 0 radical (unpaired) electrons. The third-order valence-electron chi connectivity index (χ3n) is 4.78. The molecular formula is C23H29N3O2S. The van der Waals surface area contributed by atoms with E-state index in [0.717, 1.165) is 48.5 Å². The molecule has 6 heteroatoms. The van der Waals surface area contributed by atoms with Crippen LogP contribution in [0.25, 0.3) is 0 Å². The van der Waals surface area contributed by atoms with Gasteiger partial charge in [-0.05, 0) is 87.3 Å². The largest absolute Gasteiger partial charge is 0.491 e. The molecule has 0 aliphatic carbocycles. The highest BCUT2D eigenvalue weighted by Gasteiger charge is 2.17. The molecule has 29 heavy (non-hydrogen) atoms. The summed E-state index contributed by atoms with van der Waals surface area (Å²) < 4.78 is 5.65. The lowest BCUT2D eigenvalue weighted by Gasteiger charge is -2.26. The molecule has 0 unspecified atom stereocenters. The van der Waals surface area contributed by atoms with E-state index in [0.29, 0.717) is 11.7 Å². The molecule has 5 nitrogen and oxygen atoms in total. The van der Waals surface area contributed by atoms with E-state index in [9.17, 15) is 4.79 Å². The molecule has 0 aromatic heterocycles. The zero-order valence-corrected chi connectivity index (χ0v) is 17.9. The first-order valence-corrected chi connectivity index (χ1v) is 10.6. The number of hydrogen-bond acceptors (Lipinski definition) is 3. The molecule has 0 atom stereocenters. The van der Waals surface area contributed by atoms with E-state index < -0.39 is 0 Å². The van der Waals surface area contributed by atoms with Crippen LogP contribution >= 0.6 is 12.2 Å². The summed E-state index contributed by atoms with van der Waals surface area (Å²) in [6.45, 7) is 6.36. The van der Waals surface area contributed by atoms with Crippen molar-refractivity contribution in [3.05, 3.63) is 59.7 Å². The Hall–Kier alpha value is -2.60. The van der Waals surface area contributed by atoms with E-state index in [1.54, 1.807) is 0 Å². The van der Waals surface area contributed by atoms with Gasteiger partial charge >= 0.3 is 0 Å². The van der Waals surface area contributed by atoms with Crippen molar-refractivity contribution in [1.82, 2.24) is 10.2 Å². The number of likely N-dealkylation sites (tertiary alicyclic amines) is 1. The van der Waals surface area contributed by atoms with Gasteiger partial charge in [0.1, 0.15) is 5.75 Å². The van der Waals surface area contributed by atoms with Gasteiger partial charge < -0.3 is 20.3 Å². The Labute approximate surface area is 178 Å². The van der Waals surface area contributed by atoms with E-state index in [1.807, 2.05) is 67.3 Å². The zero-order valence-electron chi connectivity index (χ0n) is 17.1. The van der Waals surface area contributed by atoms with Crippen LogP contribution in [-0.2, 0) is 6.54 Å². The molecule has 1 amide bonds. The molecule has 2 aromatic rings. The summed E-state index contributed by atoms with van der Waals surface area (Å²) in [7, 11) is 0. The fourth-order valence-corrected chi connectivity index (χ4v) is 3.48. The first kappa shape index (κ1) is 21.1. The molecule has 0 bridgehead atoms. The van der Waals surface area contributed by atoms with Crippen LogP contribution in [0.3, 0.4) is 0 Å². The molecular weight excluding hydrogens is 382 g/mol. The topological polar surface area (TPSA) is 53.6 Å². The minimum Gasteiger partial charge on any atom is -0.491 e. The number of thiocarbonyl (C=S) groups is 1. The van der Waals surface area contributed by atoms with Gasteiger partial charge in [-0.1, -0.05) is 12.1 Å². The highest BCUT2D eigenvalue weighted by atomic mass is 32.1. The zero-order chi connectivity index (χ0) is 20.6. The normalized spacial score (nSPS) is 13.8. The number of nitrogens with zero attached hydrogens (tertiary/aromatic N) is 1. The molecule has 1 aliphatic rings. The predicted molar refractivity (Wildman–Crippen MR) is 121 cm³/mol. The molecule has 1 saturated heterocycles. The number of anilines is 1.